The summed E-state index contributed by atoms with van der Waals surface area (Å²) in [5.41, 5.74) is 0.250. The Hall–Kier alpha value is -3.97. The van der Waals surface area contributed by atoms with Crippen molar-refractivity contribution >= 4 is 27.3 Å². The largest absolute Gasteiger partial charge is 0.495 e. The van der Waals surface area contributed by atoms with Crippen molar-refractivity contribution in [3.8, 4) is 11.8 Å². The SMILES string of the molecule is COc1ccc(NC(=O)c2ccc(F)c(F)c2)cc1NS(=O)(=O)c1cccc(C#N)c1. The highest BCUT2D eigenvalue weighted by Gasteiger charge is 2.18. The number of nitrogens with one attached hydrogen (secondary N) is 2. The van der Waals surface area contributed by atoms with E-state index in [9.17, 15) is 22.0 Å². The topological polar surface area (TPSA) is 108 Å². The van der Waals surface area contributed by atoms with Crippen LogP contribution in [0.1, 0.15) is 15.9 Å². The Balaban J connectivity index is 1.89. The molecule has 3 rings (SSSR count). The number of benzene rings is 3. The number of amides is 1. The number of anilines is 2. The van der Waals surface area contributed by atoms with Crippen LogP contribution in [0.25, 0.3) is 0 Å². The van der Waals surface area contributed by atoms with Gasteiger partial charge in [0, 0.05) is 11.3 Å². The number of nitrogens with zero attached hydrogens (tertiary/aromatic N) is 1. The van der Waals surface area contributed by atoms with Crippen molar-refractivity contribution < 1.29 is 26.7 Å². The lowest BCUT2D eigenvalue weighted by Crippen LogP contribution is -2.15. The van der Waals surface area contributed by atoms with Crippen LogP contribution in [0.2, 0.25) is 0 Å². The van der Waals surface area contributed by atoms with Gasteiger partial charge in [0.05, 0.1) is 29.3 Å². The van der Waals surface area contributed by atoms with Gasteiger partial charge in [0.1, 0.15) is 5.75 Å². The Labute approximate surface area is 176 Å². The van der Waals surface area contributed by atoms with E-state index in [1.54, 1.807) is 0 Å². The van der Waals surface area contributed by atoms with Crippen molar-refractivity contribution in [2.45, 2.75) is 4.90 Å². The van der Waals surface area contributed by atoms with Gasteiger partial charge in [0.25, 0.3) is 15.9 Å². The summed E-state index contributed by atoms with van der Waals surface area (Å²) in [6.45, 7) is 0. The Morgan fingerprint density at radius 2 is 1.81 bits per heavy atom. The van der Waals surface area contributed by atoms with E-state index in [2.05, 4.69) is 10.0 Å². The zero-order valence-corrected chi connectivity index (χ0v) is 16.8. The minimum atomic E-state index is -4.07. The van der Waals surface area contributed by atoms with E-state index in [1.165, 1.54) is 49.6 Å². The maximum Gasteiger partial charge on any atom is 0.262 e. The molecule has 0 saturated heterocycles. The van der Waals surface area contributed by atoms with Crippen LogP contribution in [-0.4, -0.2) is 21.4 Å². The molecule has 0 radical (unpaired) electrons. The fourth-order valence-corrected chi connectivity index (χ4v) is 3.75. The smallest absolute Gasteiger partial charge is 0.262 e. The third-order valence-corrected chi connectivity index (χ3v) is 5.52. The quantitative estimate of drug-likeness (QED) is 0.601. The molecule has 0 aliphatic rings. The number of carbonyl (C=O) groups is 1. The molecule has 2 N–H and O–H groups in total. The summed E-state index contributed by atoms with van der Waals surface area (Å²) in [6.07, 6.45) is 0. The molecular weight excluding hydrogens is 428 g/mol. The van der Waals surface area contributed by atoms with Gasteiger partial charge in [-0.2, -0.15) is 5.26 Å². The Kier molecular flexibility index (Phi) is 6.17. The van der Waals surface area contributed by atoms with Crippen LogP contribution >= 0.6 is 0 Å². The normalized spacial score (nSPS) is 10.8. The summed E-state index contributed by atoms with van der Waals surface area (Å²) in [6, 6.07) is 14.2. The van der Waals surface area contributed by atoms with Gasteiger partial charge >= 0.3 is 0 Å². The number of hydrogen-bond acceptors (Lipinski definition) is 5. The van der Waals surface area contributed by atoms with Gasteiger partial charge in [0.2, 0.25) is 0 Å². The lowest BCUT2D eigenvalue weighted by Gasteiger charge is -2.14. The molecule has 0 aliphatic heterocycles. The molecule has 10 heteroatoms. The van der Waals surface area contributed by atoms with Crippen molar-refractivity contribution in [3.05, 3.63) is 83.4 Å². The highest BCUT2D eigenvalue weighted by Crippen LogP contribution is 2.30. The second kappa shape index (κ2) is 8.81. The van der Waals surface area contributed by atoms with Crippen LogP contribution in [-0.2, 0) is 10.0 Å². The molecule has 31 heavy (non-hydrogen) atoms. The average Bonchev–Trinajstić information content (AvgIpc) is 2.75. The Morgan fingerprint density at radius 1 is 1.03 bits per heavy atom. The van der Waals surface area contributed by atoms with Gasteiger partial charge in [-0.25, -0.2) is 17.2 Å². The maximum atomic E-state index is 13.4. The van der Waals surface area contributed by atoms with Crippen LogP contribution in [0.4, 0.5) is 20.2 Å². The summed E-state index contributed by atoms with van der Waals surface area (Å²) >= 11 is 0. The summed E-state index contributed by atoms with van der Waals surface area (Å²) < 4.78 is 59.4. The summed E-state index contributed by atoms with van der Waals surface area (Å²) in [7, 11) is -2.74. The lowest BCUT2D eigenvalue weighted by molar-refractivity contribution is 0.102. The number of halogens is 2. The number of nitriles is 1. The van der Waals surface area contributed by atoms with Crippen LogP contribution in [0.3, 0.4) is 0 Å². The van der Waals surface area contributed by atoms with E-state index in [1.807, 2.05) is 6.07 Å². The van der Waals surface area contributed by atoms with E-state index < -0.39 is 27.6 Å². The third-order valence-electron chi connectivity index (χ3n) is 4.16. The minimum absolute atomic E-state index is 0.0212. The Morgan fingerprint density at radius 3 is 2.48 bits per heavy atom. The standard InChI is InChI=1S/C21H15F2N3O4S/c1-30-20-8-6-15(25-21(27)14-5-7-17(22)18(23)10-14)11-19(20)26-31(28,29)16-4-2-3-13(9-16)12-24/h2-11,26H,1H3,(H,25,27). The first-order valence-corrected chi connectivity index (χ1v) is 10.2. The highest BCUT2D eigenvalue weighted by atomic mass is 32.2. The van der Waals surface area contributed by atoms with E-state index in [0.29, 0.717) is 0 Å². The molecule has 0 saturated carbocycles. The monoisotopic (exact) mass is 443 g/mol. The van der Waals surface area contributed by atoms with E-state index in [4.69, 9.17) is 10.00 Å². The van der Waals surface area contributed by atoms with Crippen LogP contribution in [0.15, 0.2) is 65.6 Å². The lowest BCUT2D eigenvalue weighted by atomic mass is 10.2. The van der Waals surface area contributed by atoms with E-state index in [-0.39, 0.29) is 33.1 Å². The zero-order valence-electron chi connectivity index (χ0n) is 16.0. The molecule has 0 unspecified atom stereocenters. The zero-order chi connectivity index (χ0) is 22.6. The van der Waals surface area contributed by atoms with Crippen LogP contribution in [0.5, 0.6) is 5.75 Å². The minimum Gasteiger partial charge on any atom is -0.495 e. The number of hydrogen-bond donors (Lipinski definition) is 2. The molecule has 0 aliphatic carbocycles. The molecule has 0 atom stereocenters. The summed E-state index contributed by atoms with van der Waals surface area (Å²) in [4.78, 5) is 12.2. The van der Waals surface area contributed by atoms with Gasteiger partial charge in [0.15, 0.2) is 11.6 Å². The van der Waals surface area contributed by atoms with Crippen LogP contribution < -0.4 is 14.8 Å². The van der Waals surface area contributed by atoms with Crippen molar-refractivity contribution in [1.82, 2.24) is 0 Å². The first-order valence-electron chi connectivity index (χ1n) is 8.71. The number of ether oxygens (including phenoxy) is 1. The van der Waals surface area contributed by atoms with Crippen LogP contribution in [0, 0.1) is 23.0 Å². The van der Waals surface area contributed by atoms with Gasteiger partial charge < -0.3 is 10.1 Å². The number of rotatable bonds is 6. The second-order valence-electron chi connectivity index (χ2n) is 6.24. The number of sulfonamides is 1. The Bertz CT molecular complexity index is 1300. The first kappa shape index (κ1) is 21.7. The molecule has 3 aromatic rings. The number of methoxy groups -OCH3 is 1. The summed E-state index contributed by atoms with van der Waals surface area (Å²) in [5.74, 6) is -2.81. The van der Waals surface area contributed by atoms with Crippen molar-refractivity contribution in [2.75, 3.05) is 17.1 Å². The molecule has 7 nitrogen and oxygen atoms in total. The van der Waals surface area contributed by atoms with Gasteiger partial charge in [-0.05, 0) is 54.6 Å². The predicted molar refractivity (Wildman–Crippen MR) is 109 cm³/mol. The van der Waals surface area contributed by atoms with E-state index >= 15 is 0 Å². The van der Waals surface area contributed by atoms with E-state index in [0.717, 1.165) is 18.2 Å². The van der Waals surface area contributed by atoms with Gasteiger partial charge in [-0.3, -0.25) is 9.52 Å². The molecule has 0 aromatic heterocycles. The molecule has 1 amide bonds. The molecular formula is C21H15F2N3O4S. The van der Waals surface area contributed by atoms with Gasteiger partial charge in [-0.15, -0.1) is 0 Å². The maximum absolute atomic E-state index is 13.4. The van der Waals surface area contributed by atoms with Crippen molar-refractivity contribution in [1.29, 1.82) is 5.26 Å². The predicted octanol–water partition coefficient (Wildman–Crippen LogP) is 3.90. The highest BCUT2D eigenvalue weighted by molar-refractivity contribution is 7.92. The average molecular weight is 443 g/mol. The third kappa shape index (κ3) is 4.96. The van der Waals surface area contributed by atoms with Crippen molar-refractivity contribution in [3.63, 3.8) is 0 Å². The molecule has 0 fully saturated rings. The number of carbonyl (C=O) groups excluding carboxylic acids is 1. The molecule has 0 heterocycles. The second-order valence-corrected chi connectivity index (χ2v) is 7.93. The molecule has 0 bridgehead atoms. The fraction of sp³-hybridized carbons (Fsp3) is 0.0476. The van der Waals surface area contributed by atoms with Gasteiger partial charge in [-0.1, -0.05) is 6.07 Å². The molecule has 0 spiro atoms. The molecule has 158 valence electrons. The fourth-order valence-electron chi connectivity index (χ4n) is 2.64. The van der Waals surface area contributed by atoms with Crippen molar-refractivity contribution in [2.24, 2.45) is 0 Å². The molecule has 3 aromatic carbocycles. The summed E-state index contributed by atoms with van der Waals surface area (Å²) in [5, 5.41) is 11.5. The first-order chi connectivity index (χ1) is 14.7.